The molecule has 59 heavy (non-hydrogen) atoms. The SMILES string of the molecule is Nc1ccc(F)cc1.[C-]#[N+]c1cc(N2CCN(c3ccc(C(=O)Nc4ccc(F)cc4)cc3)CC2)ccc1OC[C@@H]1CO[C@@](Cn2cncn2)(c2ccc(F)cc2F)C1. The summed E-state index contributed by atoms with van der Waals surface area (Å²) in [5.74, 6) is -1.91. The predicted octanol–water partition coefficient (Wildman–Crippen LogP) is 8.24. The maximum Gasteiger partial charge on any atom is 0.255 e. The number of nitrogen functional groups attached to an aromatic ring is 1. The van der Waals surface area contributed by atoms with E-state index in [1.807, 2.05) is 30.3 Å². The Kier molecular flexibility index (Phi) is 12.4. The number of hydrogen-bond donors (Lipinski definition) is 2. The molecule has 2 aliphatic heterocycles. The van der Waals surface area contributed by atoms with E-state index in [4.69, 9.17) is 21.8 Å². The molecule has 0 spiro atoms. The molecule has 6 aromatic rings. The van der Waals surface area contributed by atoms with Gasteiger partial charge in [-0.2, -0.15) is 5.10 Å². The fraction of sp³-hybridized carbons (Fsp3) is 0.227. The largest absolute Gasteiger partial charge is 0.504 e. The number of halogens is 4. The number of rotatable bonds is 10. The maximum atomic E-state index is 15.0. The number of benzene rings is 5. The Morgan fingerprint density at radius 1 is 0.847 bits per heavy atom. The summed E-state index contributed by atoms with van der Waals surface area (Å²) >= 11 is 0. The van der Waals surface area contributed by atoms with Gasteiger partial charge in [0.2, 0.25) is 5.69 Å². The van der Waals surface area contributed by atoms with Crippen LogP contribution in [0.1, 0.15) is 22.3 Å². The Bertz CT molecular complexity index is 2370. The van der Waals surface area contributed by atoms with Crippen LogP contribution in [0, 0.1) is 35.8 Å². The summed E-state index contributed by atoms with van der Waals surface area (Å²) in [6, 6.07) is 27.8. The maximum absolute atomic E-state index is 15.0. The number of carbonyl (C=O) groups excluding carboxylic acids is 1. The van der Waals surface area contributed by atoms with Gasteiger partial charge >= 0.3 is 0 Å². The highest BCUT2D eigenvalue weighted by Gasteiger charge is 2.44. The van der Waals surface area contributed by atoms with Crippen LogP contribution < -0.4 is 25.6 Å². The highest BCUT2D eigenvalue weighted by Crippen LogP contribution is 2.42. The lowest BCUT2D eigenvalue weighted by Gasteiger charge is -2.37. The van der Waals surface area contributed by atoms with E-state index < -0.39 is 17.2 Å². The van der Waals surface area contributed by atoms with Crippen LogP contribution in [0.5, 0.6) is 5.75 Å². The summed E-state index contributed by atoms with van der Waals surface area (Å²) in [4.78, 5) is 24.8. The van der Waals surface area contributed by atoms with Crippen molar-refractivity contribution in [2.75, 3.05) is 60.2 Å². The second-order valence-electron chi connectivity index (χ2n) is 14.2. The second kappa shape index (κ2) is 18.1. The van der Waals surface area contributed by atoms with E-state index in [9.17, 15) is 18.0 Å². The minimum atomic E-state index is -1.09. The Morgan fingerprint density at radius 3 is 2.12 bits per heavy atom. The zero-order valence-corrected chi connectivity index (χ0v) is 31.8. The van der Waals surface area contributed by atoms with Crippen LogP contribution in [0.25, 0.3) is 4.85 Å². The van der Waals surface area contributed by atoms with Gasteiger partial charge in [-0.25, -0.2) is 32.1 Å². The number of hydrogen-bond acceptors (Lipinski definition) is 8. The molecular formula is C44H40F4N8O3. The van der Waals surface area contributed by atoms with Gasteiger partial charge in [0, 0.05) is 72.0 Å². The molecule has 3 N–H and O–H groups in total. The molecule has 302 valence electrons. The predicted molar refractivity (Wildman–Crippen MR) is 216 cm³/mol. The van der Waals surface area contributed by atoms with E-state index in [0.29, 0.717) is 34.8 Å². The molecule has 2 aliphatic rings. The van der Waals surface area contributed by atoms with Crippen molar-refractivity contribution in [3.05, 3.63) is 168 Å². The average Bonchev–Trinajstić information content (AvgIpc) is 3.92. The molecule has 11 nitrogen and oxygen atoms in total. The lowest BCUT2D eigenvalue weighted by atomic mass is 9.87. The number of nitrogens with zero attached hydrogens (tertiary/aromatic N) is 6. The van der Waals surface area contributed by atoms with Gasteiger partial charge in [0.05, 0.1) is 26.3 Å². The topological polar surface area (TPSA) is 115 Å². The molecule has 2 fully saturated rings. The van der Waals surface area contributed by atoms with Crippen LogP contribution >= 0.6 is 0 Å². The first-order chi connectivity index (χ1) is 28.6. The van der Waals surface area contributed by atoms with E-state index in [2.05, 4.69) is 30.0 Å². The summed E-state index contributed by atoms with van der Waals surface area (Å²) < 4.78 is 67.9. The lowest BCUT2D eigenvalue weighted by molar-refractivity contribution is -0.0206. The Labute approximate surface area is 338 Å². The van der Waals surface area contributed by atoms with Gasteiger partial charge in [0.25, 0.3) is 5.91 Å². The summed E-state index contributed by atoms with van der Waals surface area (Å²) in [5, 5.41) is 6.94. The van der Waals surface area contributed by atoms with E-state index in [1.165, 1.54) is 73.3 Å². The summed E-state index contributed by atoms with van der Waals surface area (Å²) in [6.07, 6.45) is 3.32. The monoisotopic (exact) mass is 804 g/mol. The third kappa shape index (κ3) is 9.97. The number of nitrogens with one attached hydrogen (secondary N) is 1. The van der Waals surface area contributed by atoms with Gasteiger partial charge in [-0.1, -0.05) is 6.07 Å². The highest BCUT2D eigenvalue weighted by atomic mass is 19.1. The lowest BCUT2D eigenvalue weighted by Crippen LogP contribution is -2.46. The first kappa shape index (κ1) is 40.3. The van der Waals surface area contributed by atoms with Crippen LogP contribution in [0.4, 0.5) is 46.0 Å². The van der Waals surface area contributed by atoms with Gasteiger partial charge in [0.1, 0.15) is 47.3 Å². The summed E-state index contributed by atoms with van der Waals surface area (Å²) in [7, 11) is 0. The summed E-state index contributed by atoms with van der Waals surface area (Å²) in [6.45, 7) is 11.5. The normalized spacial score (nSPS) is 17.4. The molecule has 0 saturated carbocycles. The van der Waals surface area contributed by atoms with E-state index in [1.54, 1.807) is 16.8 Å². The first-order valence-electron chi connectivity index (χ1n) is 18.8. The van der Waals surface area contributed by atoms with Gasteiger partial charge in [0.15, 0.2) is 0 Å². The number of nitrogens with two attached hydrogens (primary N) is 1. The smallest absolute Gasteiger partial charge is 0.255 e. The minimum Gasteiger partial charge on any atom is -0.504 e. The van der Waals surface area contributed by atoms with Crippen LogP contribution in [0.3, 0.4) is 0 Å². The number of amides is 1. The second-order valence-corrected chi connectivity index (χ2v) is 14.2. The van der Waals surface area contributed by atoms with Crippen molar-refractivity contribution in [2.45, 2.75) is 18.6 Å². The Hall–Kier alpha value is -6.92. The van der Waals surface area contributed by atoms with Gasteiger partial charge in [-0.15, -0.1) is 0 Å². The molecule has 15 heteroatoms. The quantitative estimate of drug-likeness (QED) is 0.0809. The molecule has 0 aliphatic carbocycles. The van der Waals surface area contributed by atoms with Gasteiger partial charge in [-0.3, -0.25) is 4.79 Å². The van der Waals surface area contributed by atoms with Crippen LogP contribution in [0.2, 0.25) is 0 Å². The molecule has 0 bridgehead atoms. The molecule has 5 aromatic carbocycles. The van der Waals surface area contributed by atoms with Crippen molar-refractivity contribution in [3.63, 3.8) is 0 Å². The average molecular weight is 805 g/mol. The molecule has 8 rings (SSSR count). The van der Waals surface area contributed by atoms with Crippen LogP contribution in [-0.4, -0.2) is 60.1 Å². The number of ether oxygens (including phenoxy) is 2. The third-order valence-corrected chi connectivity index (χ3v) is 10.2. The van der Waals surface area contributed by atoms with Crippen molar-refractivity contribution >= 4 is 34.3 Å². The molecule has 1 amide bonds. The fourth-order valence-electron chi connectivity index (χ4n) is 7.15. The zero-order chi connectivity index (χ0) is 41.4. The van der Waals surface area contributed by atoms with Crippen molar-refractivity contribution in [1.29, 1.82) is 0 Å². The van der Waals surface area contributed by atoms with Crippen molar-refractivity contribution in [3.8, 4) is 5.75 Å². The standard InChI is InChI=1S/C38H34F3N7O3.C6H6FN/c1-42-35-19-32(47-16-14-46(15-17-47)31-9-2-27(3-10-31)37(49)45-30-7-4-28(39)5-8-30)11-13-36(35)50-21-26-20-38(51-22-26,23-48-25-43-24-44-48)33-12-6-29(40)18-34(33)41;7-5-1-3-6(8)4-2-5/h2-13,18-19,24-26H,14-17,20-23H2,(H,45,49);1-4H,8H2/t26-,38+;/m1./s1. The Balaban J connectivity index is 0.000000592. The third-order valence-electron chi connectivity index (χ3n) is 10.2. The van der Waals surface area contributed by atoms with E-state index in [0.717, 1.165) is 43.6 Å². The van der Waals surface area contributed by atoms with Crippen molar-refractivity contribution in [2.24, 2.45) is 5.92 Å². The van der Waals surface area contributed by atoms with E-state index >= 15 is 4.39 Å². The molecule has 0 radical (unpaired) electrons. The van der Waals surface area contributed by atoms with Crippen molar-refractivity contribution < 1.29 is 31.8 Å². The highest BCUT2D eigenvalue weighted by molar-refractivity contribution is 6.04. The van der Waals surface area contributed by atoms with E-state index in [-0.39, 0.29) is 48.8 Å². The molecular weight excluding hydrogens is 765 g/mol. The number of carbonyl (C=O) groups is 1. The molecule has 2 atom stereocenters. The van der Waals surface area contributed by atoms with Gasteiger partial charge < -0.3 is 30.3 Å². The zero-order valence-electron chi connectivity index (χ0n) is 31.8. The number of anilines is 4. The van der Waals surface area contributed by atoms with Gasteiger partial charge in [-0.05, 0) is 103 Å². The first-order valence-corrected chi connectivity index (χ1v) is 18.8. The van der Waals surface area contributed by atoms with Crippen molar-refractivity contribution in [1.82, 2.24) is 14.8 Å². The molecule has 2 saturated heterocycles. The Morgan fingerprint density at radius 2 is 1.49 bits per heavy atom. The summed E-state index contributed by atoms with van der Waals surface area (Å²) in [5.41, 5.74) is 8.35. The van der Waals surface area contributed by atoms with Crippen LogP contribution in [0.15, 0.2) is 122 Å². The molecule has 0 unspecified atom stereocenters. The number of piperazine rings is 1. The van der Waals surface area contributed by atoms with Crippen LogP contribution in [-0.2, 0) is 16.9 Å². The number of aromatic nitrogens is 3. The fourth-order valence-corrected chi connectivity index (χ4v) is 7.15. The molecule has 3 heterocycles. The molecule has 1 aromatic heterocycles. The minimum absolute atomic E-state index is 0.123.